The number of anilines is 2. The van der Waals surface area contributed by atoms with Crippen LogP contribution in [0.25, 0.3) is 22.2 Å². The molecule has 4 rings (SSSR count). The Labute approximate surface area is 176 Å². The van der Waals surface area contributed by atoms with Crippen LogP contribution in [0.1, 0.15) is 36.5 Å². The predicted octanol–water partition coefficient (Wildman–Crippen LogP) is 4.53. The first-order valence-corrected chi connectivity index (χ1v) is 10.7. The number of nitrogens with one attached hydrogen (secondary N) is 1. The van der Waals surface area contributed by atoms with Gasteiger partial charge >= 0.3 is 0 Å². The third kappa shape index (κ3) is 3.65. The van der Waals surface area contributed by atoms with E-state index in [0.717, 1.165) is 53.6 Å². The molecule has 1 atom stereocenters. The topological polar surface area (TPSA) is 89.8 Å². The number of halogens is 1. The molecule has 1 aliphatic heterocycles. The van der Waals surface area contributed by atoms with Gasteiger partial charge in [0.1, 0.15) is 6.33 Å². The lowest BCUT2D eigenvalue weighted by Gasteiger charge is -2.25. The number of aromatic nitrogens is 2. The van der Waals surface area contributed by atoms with Crippen LogP contribution in [0.5, 0.6) is 0 Å². The number of nitrogen functional groups attached to an aromatic ring is 2. The molecule has 0 aliphatic carbocycles. The molecular formula is C23H28ClN5. The van der Waals surface area contributed by atoms with Crippen LogP contribution in [0.2, 0.25) is 5.02 Å². The number of rotatable bonds is 4. The number of nitrogens with two attached hydrogens (primary N) is 2. The number of piperidine rings is 1. The normalized spacial score (nSPS) is 17.0. The zero-order valence-corrected chi connectivity index (χ0v) is 17.8. The highest BCUT2D eigenvalue weighted by Gasteiger charge is 2.22. The first-order chi connectivity index (χ1) is 14.0. The summed E-state index contributed by atoms with van der Waals surface area (Å²) in [7, 11) is 0. The van der Waals surface area contributed by atoms with Crippen molar-refractivity contribution in [1.29, 1.82) is 0 Å². The Morgan fingerprint density at radius 1 is 1.24 bits per heavy atom. The smallest absolute Gasteiger partial charge is 0.116 e. The van der Waals surface area contributed by atoms with Gasteiger partial charge in [-0.05, 0) is 80.4 Å². The Bertz CT molecular complexity index is 1060. The molecule has 1 saturated heterocycles. The van der Waals surface area contributed by atoms with E-state index >= 15 is 0 Å². The summed E-state index contributed by atoms with van der Waals surface area (Å²) in [6.45, 7) is 6.28. The van der Waals surface area contributed by atoms with Gasteiger partial charge in [0.2, 0.25) is 0 Å². The zero-order valence-electron chi connectivity index (χ0n) is 17.1. The van der Waals surface area contributed by atoms with Gasteiger partial charge in [0.05, 0.1) is 16.2 Å². The van der Waals surface area contributed by atoms with Crippen LogP contribution in [0.4, 0.5) is 11.4 Å². The number of benzene rings is 2. The zero-order chi connectivity index (χ0) is 20.5. The summed E-state index contributed by atoms with van der Waals surface area (Å²) in [6.07, 6.45) is 5.89. The quantitative estimate of drug-likeness (QED) is 0.551. The number of hydrogen-bond donors (Lipinski definition) is 3. The molecule has 0 saturated carbocycles. The number of hydrogen-bond acceptors (Lipinski definition) is 5. The number of fused-ring (bicyclic) bond motifs is 1. The van der Waals surface area contributed by atoms with Gasteiger partial charge in [0, 0.05) is 22.3 Å². The van der Waals surface area contributed by atoms with Gasteiger partial charge in [-0.3, -0.25) is 0 Å². The molecule has 0 amide bonds. The van der Waals surface area contributed by atoms with Crippen LogP contribution in [-0.4, -0.2) is 23.1 Å². The Balaban J connectivity index is 1.94. The fourth-order valence-corrected chi connectivity index (χ4v) is 4.68. The average molecular weight is 410 g/mol. The molecule has 1 unspecified atom stereocenters. The fourth-order valence-electron chi connectivity index (χ4n) is 4.42. The van der Waals surface area contributed by atoms with Crippen molar-refractivity contribution in [2.75, 3.05) is 24.6 Å². The second-order valence-electron chi connectivity index (χ2n) is 7.98. The summed E-state index contributed by atoms with van der Waals surface area (Å²) in [6, 6.07) is 5.95. The molecule has 3 aromatic rings. The van der Waals surface area contributed by atoms with Crippen LogP contribution in [0, 0.1) is 12.8 Å². The molecule has 6 heteroatoms. The Morgan fingerprint density at radius 2 is 2.07 bits per heavy atom. The number of aryl methyl sites for hydroxylation is 2. The van der Waals surface area contributed by atoms with E-state index in [-0.39, 0.29) is 0 Å². The monoisotopic (exact) mass is 409 g/mol. The molecule has 5 N–H and O–H groups in total. The van der Waals surface area contributed by atoms with Gasteiger partial charge < -0.3 is 16.8 Å². The van der Waals surface area contributed by atoms with Crippen molar-refractivity contribution in [1.82, 2.24) is 15.3 Å². The van der Waals surface area contributed by atoms with E-state index in [1.54, 1.807) is 6.33 Å². The van der Waals surface area contributed by atoms with Crippen LogP contribution >= 0.6 is 11.6 Å². The van der Waals surface area contributed by atoms with Crippen molar-refractivity contribution >= 4 is 33.9 Å². The van der Waals surface area contributed by atoms with Gasteiger partial charge in [-0.1, -0.05) is 24.6 Å². The summed E-state index contributed by atoms with van der Waals surface area (Å²) in [5.41, 5.74) is 20.2. The van der Waals surface area contributed by atoms with Gasteiger partial charge in [-0.25, -0.2) is 9.97 Å². The molecule has 2 aromatic carbocycles. The van der Waals surface area contributed by atoms with Crippen LogP contribution in [0.15, 0.2) is 24.5 Å². The van der Waals surface area contributed by atoms with Crippen LogP contribution in [0.3, 0.4) is 0 Å². The maximum Gasteiger partial charge on any atom is 0.116 e. The second-order valence-corrected chi connectivity index (χ2v) is 8.35. The molecule has 0 spiro atoms. The van der Waals surface area contributed by atoms with Crippen molar-refractivity contribution in [3.63, 3.8) is 0 Å². The molecule has 0 radical (unpaired) electrons. The first kappa shape index (κ1) is 19.9. The molecule has 29 heavy (non-hydrogen) atoms. The van der Waals surface area contributed by atoms with E-state index in [1.807, 2.05) is 19.1 Å². The summed E-state index contributed by atoms with van der Waals surface area (Å²) in [5, 5.41) is 4.97. The van der Waals surface area contributed by atoms with Crippen molar-refractivity contribution in [3.05, 3.63) is 46.2 Å². The van der Waals surface area contributed by atoms with E-state index in [4.69, 9.17) is 23.1 Å². The van der Waals surface area contributed by atoms with Crippen LogP contribution < -0.4 is 16.8 Å². The Kier molecular flexibility index (Phi) is 5.61. The summed E-state index contributed by atoms with van der Waals surface area (Å²) >= 11 is 6.65. The maximum atomic E-state index is 6.80. The molecule has 2 heterocycles. The van der Waals surface area contributed by atoms with Crippen molar-refractivity contribution < 1.29 is 0 Å². The first-order valence-electron chi connectivity index (χ1n) is 10.3. The van der Waals surface area contributed by atoms with E-state index < -0.39 is 0 Å². The molecule has 1 fully saturated rings. The van der Waals surface area contributed by atoms with Gasteiger partial charge in [-0.2, -0.15) is 0 Å². The largest absolute Gasteiger partial charge is 0.398 e. The maximum absolute atomic E-state index is 6.80. The van der Waals surface area contributed by atoms with E-state index in [2.05, 4.69) is 28.3 Å². The standard InChI is InChI=1S/C23H28ClN5/c1-3-15-10-18-20(22(26)16(15)9-14-5-4-8-27-11-14)23(29-12-28-18)19-17(25)7-6-13(2)21(19)24/h6-7,10,12,14,27H,3-5,8-9,11,25-26H2,1-2H3. The summed E-state index contributed by atoms with van der Waals surface area (Å²) < 4.78 is 0. The fraction of sp³-hybridized carbons (Fsp3) is 0.391. The average Bonchev–Trinajstić information content (AvgIpc) is 2.73. The summed E-state index contributed by atoms with van der Waals surface area (Å²) in [4.78, 5) is 9.10. The van der Waals surface area contributed by atoms with Crippen molar-refractivity contribution in [3.8, 4) is 11.3 Å². The third-order valence-corrected chi connectivity index (χ3v) is 6.53. The SMILES string of the molecule is CCc1cc2ncnc(-c3c(N)ccc(C)c3Cl)c2c(N)c1CC1CCCNC1. The molecule has 152 valence electrons. The minimum atomic E-state index is 0.592. The predicted molar refractivity (Wildman–Crippen MR) is 122 cm³/mol. The lowest BCUT2D eigenvalue weighted by Crippen LogP contribution is -2.31. The third-order valence-electron chi connectivity index (χ3n) is 6.05. The van der Waals surface area contributed by atoms with Crippen molar-refractivity contribution in [2.24, 2.45) is 5.92 Å². The second kappa shape index (κ2) is 8.17. The van der Waals surface area contributed by atoms with Gasteiger partial charge in [0.15, 0.2) is 0 Å². The minimum absolute atomic E-state index is 0.592. The van der Waals surface area contributed by atoms with E-state index in [9.17, 15) is 0 Å². The van der Waals surface area contributed by atoms with Crippen LogP contribution in [-0.2, 0) is 12.8 Å². The highest BCUT2D eigenvalue weighted by Crippen LogP contribution is 2.41. The molecule has 5 nitrogen and oxygen atoms in total. The molecule has 1 aromatic heterocycles. The van der Waals surface area contributed by atoms with Gasteiger partial charge in [-0.15, -0.1) is 0 Å². The Hall–Kier alpha value is -2.37. The molecule has 0 bridgehead atoms. The Morgan fingerprint density at radius 3 is 2.79 bits per heavy atom. The van der Waals surface area contributed by atoms with Gasteiger partial charge in [0.25, 0.3) is 0 Å². The minimum Gasteiger partial charge on any atom is -0.398 e. The van der Waals surface area contributed by atoms with E-state index in [0.29, 0.717) is 22.3 Å². The lowest BCUT2D eigenvalue weighted by atomic mass is 9.87. The highest BCUT2D eigenvalue weighted by atomic mass is 35.5. The van der Waals surface area contributed by atoms with Crippen molar-refractivity contribution in [2.45, 2.75) is 39.5 Å². The number of nitrogens with zero attached hydrogens (tertiary/aromatic N) is 2. The van der Waals surface area contributed by atoms with E-state index in [1.165, 1.54) is 24.0 Å². The lowest BCUT2D eigenvalue weighted by molar-refractivity contribution is 0.376. The summed E-state index contributed by atoms with van der Waals surface area (Å²) in [5.74, 6) is 0.592. The molecular weight excluding hydrogens is 382 g/mol. The highest BCUT2D eigenvalue weighted by molar-refractivity contribution is 6.35. The molecule has 1 aliphatic rings.